The van der Waals surface area contributed by atoms with Crippen LogP contribution in [0.1, 0.15) is 19.8 Å². The Morgan fingerprint density at radius 1 is 1.35 bits per heavy atom. The van der Waals surface area contributed by atoms with Crippen molar-refractivity contribution in [1.82, 2.24) is 30.4 Å². The number of nitrogens with one attached hydrogen (secondary N) is 3. The smallest absolute Gasteiger partial charge is 0.191 e. The van der Waals surface area contributed by atoms with Crippen molar-refractivity contribution in [1.29, 1.82) is 0 Å². The summed E-state index contributed by atoms with van der Waals surface area (Å²) in [6.07, 6.45) is 5.95. The molecule has 0 saturated carbocycles. The summed E-state index contributed by atoms with van der Waals surface area (Å²) in [6, 6.07) is 0. The summed E-state index contributed by atoms with van der Waals surface area (Å²) in [5, 5.41) is 15.8. The molecule has 26 heavy (non-hydrogen) atoms. The first-order chi connectivity index (χ1) is 12.3. The molecule has 0 aliphatic carbocycles. The molecule has 2 aromatic heterocycles. The molecule has 8 nitrogen and oxygen atoms in total. The Morgan fingerprint density at radius 3 is 3.00 bits per heavy atom. The van der Waals surface area contributed by atoms with Crippen LogP contribution in [0.2, 0.25) is 0 Å². The molecular formula is C16H27IN8S. The molecule has 144 valence electrons. The molecule has 10 heteroatoms. The number of thioether (sulfide) groups is 1. The molecule has 3 rings (SSSR count). The van der Waals surface area contributed by atoms with Crippen LogP contribution in [0.25, 0.3) is 11.0 Å². The number of anilines is 1. The lowest BCUT2D eigenvalue weighted by atomic mass is 10.2. The number of guanidine groups is 1. The van der Waals surface area contributed by atoms with E-state index in [0.29, 0.717) is 5.25 Å². The Balaban J connectivity index is 0.00000243. The Labute approximate surface area is 175 Å². The fourth-order valence-electron chi connectivity index (χ4n) is 2.79. The van der Waals surface area contributed by atoms with Crippen LogP contribution < -0.4 is 16.0 Å². The van der Waals surface area contributed by atoms with Crippen LogP contribution in [0.3, 0.4) is 0 Å². The number of fused-ring (bicyclic) bond motifs is 1. The summed E-state index contributed by atoms with van der Waals surface area (Å²) < 4.78 is 1.75. The maximum absolute atomic E-state index is 4.70. The first kappa shape index (κ1) is 21.0. The van der Waals surface area contributed by atoms with E-state index in [1.54, 1.807) is 17.2 Å². The summed E-state index contributed by atoms with van der Waals surface area (Å²) in [6.45, 7) is 5.33. The highest BCUT2D eigenvalue weighted by Crippen LogP contribution is 2.26. The van der Waals surface area contributed by atoms with E-state index in [1.165, 1.54) is 18.6 Å². The Kier molecular flexibility index (Phi) is 8.69. The van der Waals surface area contributed by atoms with Gasteiger partial charge in [0.15, 0.2) is 11.6 Å². The lowest BCUT2D eigenvalue weighted by Crippen LogP contribution is -2.40. The van der Waals surface area contributed by atoms with E-state index in [1.807, 2.05) is 18.8 Å². The van der Waals surface area contributed by atoms with Gasteiger partial charge in [-0.05, 0) is 25.5 Å². The number of halogens is 1. The average Bonchev–Trinajstić information content (AvgIpc) is 3.27. The Bertz CT molecular complexity index is 713. The molecule has 1 saturated heterocycles. The van der Waals surface area contributed by atoms with Crippen LogP contribution in [0, 0.1) is 0 Å². The van der Waals surface area contributed by atoms with Crippen LogP contribution >= 0.6 is 35.7 Å². The van der Waals surface area contributed by atoms with Crippen molar-refractivity contribution in [3.05, 3.63) is 12.5 Å². The molecule has 3 heterocycles. The van der Waals surface area contributed by atoms with E-state index in [-0.39, 0.29) is 24.0 Å². The zero-order chi connectivity index (χ0) is 17.5. The SMILES string of the molecule is CCNC(=NCC1CCCS1)NCCNc1ncnc2c1cnn2C.I. The highest BCUT2D eigenvalue weighted by Gasteiger charge is 2.15. The number of nitrogens with zero attached hydrogens (tertiary/aromatic N) is 5. The van der Waals surface area contributed by atoms with Crippen molar-refractivity contribution >= 4 is 58.5 Å². The van der Waals surface area contributed by atoms with Crippen LogP contribution in [0.4, 0.5) is 5.82 Å². The largest absolute Gasteiger partial charge is 0.368 e. The summed E-state index contributed by atoms with van der Waals surface area (Å²) in [7, 11) is 1.88. The number of rotatable bonds is 7. The molecule has 3 N–H and O–H groups in total. The van der Waals surface area contributed by atoms with Gasteiger partial charge in [0.25, 0.3) is 0 Å². The number of aliphatic imine (C=N–C) groups is 1. The molecule has 1 aliphatic heterocycles. The van der Waals surface area contributed by atoms with Crippen LogP contribution in [-0.4, -0.2) is 62.9 Å². The molecule has 2 aromatic rings. The van der Waals surface area contributed by atoms with Crippen molar-refractivity contribution in [3.8, 4) is 0 Å². The molecule has 0 radical (unpaired) electrons. The Morgan fingerprint density at radius 2 is 2.23 bits per heavy atom. The molecule has 1 aliphatic rings. The van der Waals surface area contributed by atoms with Crippen LogP contribution in [0.5, 0.6) is 0 Å². The van der Waals surface area contributed by atoms with Crippen molar-refractivity contribution in [2.45, 2.75) is 25.0 Å². The zero-order valence-corrected chi connectivity index (χ0v) is 18.4. The standard InChI is InChI=1S/C16H26N8S.HI/c1-3-17-16(20-9-12-5-4-8-25-12)19-7-6-18-14-13-10-23-24(2)15(13)22-11-21-14;/h10-12H,3-9H2,1-2H3,(H2,17,19,20)(H,18,21,22);1H. The van der Waals surface area contributed by atoms with Gasteiger partial charge in [-0.3, -0.25) is 9.67 Å². The van der Waals surface area contributed by atoms with E-state index in [9.17, 15) is 0 Å². The van der Waals surface area contributed by atoms with Crippen molar-refractivity contribution in [2.24, 2.45) is 12.0 Å². The molecular weight excluding hydrogens is 463 g/mol. The van der Waals surface area contributed by atoms with Gasteiger partial charge < -0.3 is 16.0 Å². The van der Waals surface area contributed by atoms with Gasteiger partial charge in [0.2, 0.25) is 0 Å². The summed E-state index contributed by atoms with van der Waals surface area (Å²) >= 11 is 2.03. The third-order valence-corrected chi connectivity index (χ3v) is 5.44. The van der Waals surface area contributed by atoms with Gasteiger partial charge >= 0.3 is 0 Å². The van der Waals surface area contributed by atoms with E-state index in [2.05, 4.69) is 37.9 Å². The van der Waals surface area contributed by atoms with Gasteiger partial charge in [-0.2, -0.15) is 16.9 Å². The van der Waals surface area contributed by atoms with Gasteiger partial charge in [-0.1, -0.05) is 0 Å². The normalized spacial score (nSPS) is 17.2. The van der Waals surface area contributed by atoms with Gasteiger partial charge in [0.05, 0.1) is 18.1 Å². The van der Waals surface area contributed by atoms with Crippen molar-refractivity contribution in [2.75, 3.05) is 37.2 Å². The summed E-state index contributed by atoms with van der Waals surface area (Å²) in [5.74, 6) is 2.96. The third kappa shape index (κ3) is 5.60. The first-order valence-electron chi connectivity index (χ1n) is 8.78. The summed E-state index contributed by atoms with van der Waals surface area (Å²) in [4.78, 5) is 13.3. The van der Waals surface area contributed by atoms with Crippen LogP contribution in [-0.2, 0) is 7.05 Å². The summed E-state index contributed by atoms with van der Waals surface area (Å²) in [5.41, 5.74) is 0.828. The van der Waals surface area contributed by atoms with E-state index < -0.39 is 0 Å². The van der Waals surface area contributed by atoms with Gasteiger partial charge in [0, 0.05) is 31.9 Å². The number of aromatic nitrogens is 4. The zero-order valence-electron chi connectivity index (χ0n) is 15.2. The van der Waals surface area contributed by atoms with Crippen molar-refractivity contribution < 1.29 is 0 Å². The van der Waals surface area contributed by atoms with Gasteiger partial charge in [0.1, 0.15) is 12.1 Å². The molecule has 1 atom stereocenters. The highest BCUT2D eigenvalue weighted by atomic mass is 127. The second-order valence-electron chi connectivity index (χ2n) is 5.94. The fourth-order valence-corrected chi connectivity index (χ4v) is 3.97. The molecule has 0 bridgehead atoms. The number of hydrogen-bond acceptors (Lipinski definition) is 6. The molecule has 0 amide bonds. The highest BCUT2D eigenvalue weighted by molar-refractivity contribution is 14.0. The number of aryl methyl sites for hydroxylation is 1. The van der Waals surface area contributed by atoms with E-state index in [4.69, 9.17) is 4.99 Å². The quantitative estimate of drug-likeness (QED) is 0.236. The second-order valence-corrected chi connectivity index (χ2v) is 7.34. The molecule has 1 fully saturated rings. The first-order valence-corrected chi connectivity index (χ1v) is 9.83. The van der Waals surface area contributed by atoms with Crippen molar-refractivity contribution in [3.63, 3.8) is 0 Å². The second kappa shape index (κ2) is 10.8. The van der Waals surface area contributed by atoms with E-state index >= 15 is 0 Å². The molecule has 0 aromatic carbocycles. The Hall–Kier alpha value is -1.30. The fraction of sp³-hybridized carbons (Fsp3) is 0.625. The van der Waals surface area contributed by atoms with Crippen LogP contribution in [0.15, 0.2) is 17.5 Å². The van der Waals surface area contributed by atoms with E-state index in [0.717, 1.165) is 49.0 Å². The minimum absolute atomic E-state index is 0. The van der Waals surface area contributed by atoms with Gasteiger partial charge in [-0.15, -0.1) is 24.0 Å². The van der Waals surface area contributed by atoms with Gasteiger partial charge in [-0.25, -0.2) is 9.97 Å². The predicted molar refractivity (Wildman–Crippen MR) is 120 cm³/mol. The molecule has 1 unspecified atom stereocenters. The number of hydrogen-bond donors (Lipinski definition) is 3. The lowest BCUT2D eigenvalue weighted by molar-refractivity contribution is 0.766. The minimum Gasteiger partial charge on any atom is -0.368 e. The maximum Gasteiger partial charge on any atom is 0.191 e. The minimum atomic E-state index is 0. The average molecular weight is 490 g/mol. The molecule has 0 spiro atoms. The lowest BCUT2D eigenvalue weighted by Gasteiger charge is -2.13. The topological polar surface area (TPSA) is 92.1 Å². The third-order valence-electron chi connectivity index (χ3n) is 4.06. The maximum atomic E-state index is 4.70. The predicted octanol–water partition coefficient (Wildman–Crippen LogP) is 1.84. The monoisotopic (exact) mass is 490 g/mol.